The van der Waals surface area contributed by atoms with Gasteiger partial charge >= 0.3 is 5.97 Å². The van der Waals surface area contributed by atoms with E-state index in [1.165, 1.54) is 28.5 Å². The zero-order valence-corrected chi connectivity index (χ0v) is 14.0. The number of ether oxygens (including phenoxy) is 1. The first-order valence-electron chi connectivity index (χ1n) is 7.66. The Morgan fingerprint density at radius 1 is 1.42 bits per heavy atom. The molecule has 0 saturated heterocycles. The quantitative estimate of drug-likeness (QED) is 0.860. The Balaban J connectivity index is 1.63. The number of nitrogens with one attached hydrogen (secondary N) is 1. The van der Waals surface area contributed by atoms with Crippen molar-refractivity contribution >= 4 is 28.2 Å². The highest BCUT2D eigenvalue weighted by molar-refractivity contribution is 7.16. The molecule has 0 saturated carbocycles. The molecule has 0 aliphatic heterocycles. The fourth-order valence-corrected chi connectivity index (χ4v) is 4.00. The molecule has 2 aromatic rings. The van der Waals surface area contributed by atoms with Gasteiger partial charge in [-0.1, -0.05) is 0 Å². The van der Waals surface area contributed by atoms with Crippen molar-refractivity contribution in [2.24, 2.45) is 0 Å². The maximum atomic E-state index is 12.0. The molecule has 7 heteroatoms. The molecule has 1 aliphatic carbocycles. The van der Waals surface area contributed by atoms with Gasteiger partial charge in [-0.15, -0.1) is 11.3 Å². The number of hydrogen-bond donors (Lipinski definition) is 1. The van der Waals surface area contributed by atoms with E-state index in [1.807, 2.05) is 0 Å². The third-order valence-electron chi connectivity index (χ3n) is 3.95. The van der Waals surface area contributed by atoms with Gasteiger partial charge in [0.2, 0.25) is 0 Å². The average molecular weight is 344 g/mol. The maximum absolute atomic E-state index is 12.0. The van der Waals surface area contributed by atoms with Crippen LogP contribution in [0.5, 0.6) is 0 Å². The van der Waals surface area contributed by atoms with Gasteiger partial charge in [-0.3, -0.25) is 4.79 Å². The van der Waals surface area contributed by atoms with E-state index in [2.05, 4.69) is 11.4 Å². The summed E-state index contributed by atoms with van der Waals surface area (Å²) in [5.41, 5.74) is 1.89. The predicted octanol–water partition coefficient (Wildman–Crippen LogP) is 3.20. The fraction of sp³-hybridized carbons (Fsp3) is 0.353. The number of carbonyl (C=O) groups excluding carboxylic acids is 2. The Morgan fingerprint density at radius 2 is 2.21 bits per heavy atom. The number of nitriles is 1. The van der Waals surface area contributed by atoms with Crippen LogP contribution >= 0.6 is 11.3 Å². The predicted molar refractivity (Wildman–Crippen MR) is 88.0 cm³/mol. The summed E-state index contributed by atoms with van der Waals surface area (Å²) in [6.45, 7) is 1.24. The molecule has 0 radical (unpaired) electrons. The number of nitrogens with zero attached hydrogens (tertiary/aromatic N) is 1. The number of anilines is 1. The number of rotatable bonds is 4. The molecule has 2 heterocycles. The molecular formula is C17H16N2O4S. The lowest BCUT2D eigenvalue weighted by molar-refractivity contribution is -0.119. The molecule has 6 nitrogen and oxygen atoms in total. The van der Waals surface area contributed by atoms with Crippen LogP contribution in [0.4, 0.5) is 5.00 Å². The van der Waals surface area contributed by atoms with E-state index < -0.39 is 18.5 Å². The van der Waals surface area contributed by atoms with Crippen molar-refractivity contribution in [2.45, 2.75) is 32.6 Å². The van der Waals surface area contributed by atoms with Crippen LogP contribution < -0.4 is 5.32 Å². The molecule has 0 aromatic carbocycles. The van der Waals surface area contributed by atoms with Crippen molar-refractivity contribution in [1.29, 1.82) is 5.26 Å². The van der Waals surface area contributed by atoms with E-state index in [9.17, 15) is 14.9 Å². The van der Waals surface area contributed by atoms with Gasteiger partial charge in [0.05, 0.1) is 11.8 Å². The number of carbonyl (C=O) groups is 2. The standard InChI is InChI=1S/C17H16N2O4S/c1-10-11(6-7-22-10)17(21)23-9-15(20)19-16-13(8-18)12-4-2-3-5-14(12)24-16/h6-7H,2-5,9H2,1H3,(H,19,20). The first-order chi connectivity index (χ1) is 11.6. The number of fused-ring (bicyclic) bond motifs is 1. The molecular weight excluding hydrogens is 328 g/mol. The second-order valence-electron chi connectivity index (χ2n) is 5.54. The lowest BCUT2D eigenvalue weighted by Gasteiger charge is -2.09. The molecule has 124 valence electrons. The van der Waals surface area contributed by atoms with E-state index in [0.29, 0.717) is 21.9 Å². The number of hydrogen-bond acceptors (Lipinski definition) is 6. The zero-order chi connectivity index (χ0) is 17.1. The Hall–Kier alpha value is -2.59. The minimum absolute atomic E-state index is 0.298. The van der Waals surface area contributed by atoms with Gasteiger partial charge in [0.25, 0.3) is 5.91 Å². The molecule has 0 bridgehead atoms. The lowest BCUT2D eigenvalue weighted by atomic mass is 9.96. The van der Waals surface area contributed by atoms with E-state index in [4.69, 9.17) is 9.15 Å². The highest BCUT2D eigenvalue weighted by Crippen LogP contribution is 2.37. The zero-order valence-electron chi connectivity index (χ0n) is 13.2. The third-order valence-corrected chi connectivity index (χ3v) is 5.16. The maximum Gasteiger partial charge on any atom is 0.342 e. The summed E-state index contributed by atoms with van der Waals surface area (Å²) in [6.07, 6.45) is 5.38. The second kappa shape index (κ2) is 6.89. The normalized spacial score (nSPS) is 13.0. The Kier molecular flexibility index (Phi) is 4.67. The SMILES string of the molecule is Cc1occc1C(=O)OCC(=O)Nc1sc2c(c1C#N)CCCC2. The van der Waals surface area contributed by atoms with E-state index in [-0.39, 0.29) is 0 Å². The summed E-state index contributed by atoms with van der Waals surface area (Å²) in [4.78, 5) is 25.1. The van der Waals surface area contributed by atoms with Gasteiger partial charge in [-0.25, -0.2) is 4.79 Å². The monoisotopic (exact) mass is 344 g/mol. The number of amides is 1. The Bertz CT molecular complexity index is 828. The molecule has 1 N–H and O–H groups in total. The van der Waals surface area contributed by atoms with Gasteiger partial charge in [0.15, 0.2) is 6.61 Å². The van der Waals surface area contributed by atoms with Gasteiger partial charge in [0.1, 0.15) is 22.4 Å². The highest BCUT2D eigenvalue weighted by atomic mass is 32.1. The van der Waals surface area contributed by atoms with Crippen LogP contribution in [0, 0.1) is 18.3 Å². The summed E-state index contributed by atoms with van der Waals surface area (Å²) in [5.74, 6) is -0.625. The van der Waals surface area contributed by atoms with Gasteiger partial charge in [-0.05, 0) is 44.2 Å². The molecule has 0 unspecified atom stereocenters. The van der Waals surface area contributed by atoms with Crippen molar-refractivity contribution < 1.29 is 18.7 Å². The minimum atomic E-state index is -0.609. The van der Waals surface area contributed by atoms with Crippen LogP contribution in [0.2, 0.25) is 0 Å². The van der Waals surface area contributed by atoms with Crippen molar-refractivity contribution in [1.82, 2.24) is 0 Å². The van der Waals surface area contributed by atoms with Gasteiger partial charge in [-0.2, -0.15) is 5.26 Å². The van der Waals surface area contributed by atoms with Crippen molar-refractivity contribution in [3.05, 3.63) is 39.7 Å². The first kappa shape index (κ1) is 16.3. The number of aryl methyl sites for hydroxylation is 2. The molecule has 24 heavy (non-hydrogen) atoms. The summed E-state index contributed by atoms with van der Waals surface area (Å²) in [7, 11) is 0. The summed E-state index contributed by atoms with van der Waals surface area (Å²) < 4.78 is 10.0. The third kappa shape index (κ3) is 3.19. The molecule has 0 fully saturated rings. The smallest absolute Gasteiger partial charge is 0.342 e. The van der Waals surface area contributed by atoms with Crippen molar-refractivity contribution in [2.75, 3.05) is 11.9 Å². The topological polar surface area (TPSA) is 92.3 Å². The van der Waals surface area contributed by atoms with Gasteiger partial charge < -0.3 is 14.5 Å². The van der Waals surface area contributed by atoms with Gasteiger partial charge in [0, 0.05) is 4.88 Å². The average Bonchev–Trinajstić information content (AvgIpc) is 3.15. The summed E-state index contributed by atoms with van der Waals surface area (Å²) >= 11 is 1.44. The van der Waals surface area contributed by atoms with Crippen molar-refractivity contribution in [3.63, 3.8) is 0 Å². The first-order valence-corrected chi connectivity index (χ1v) is 8.47. The molecule has 0 spiro atoms. The van der Waals surface area contributed by atoms with Crippen LogP contribution in [-0.4, -0.2) is 18.5 Å². The van der Waals surface area contributed by atoms with Crippen LogP contribution in [0.3, 0.4) is 0 Å². The van der Waals surface area contributed by atoms with Crippen molar-refractivity contribution in [3.8, 4) is 6.07 Å². The Morgan fingerprint density at radius 3 is 2.92 bits per heavy atom. The van der Waals surface area contributed by atoms with E-state index in [1.54, 1.807) is 6.92 Å². The van der Waals surface area contributed by atoms with Crippen LogP contribution in [0.25, 0.3) is 0 Å². The van der Waals surface area contributed by atoms with Crippen LogP contribution in [0.15, 0.2) is 16.7 Å². The molecule has 1 aliphatic rings. The summed E-state index contributed by atoms with van der Waals surface area (Å²) in [5, 5.41) is 12.6. The van der Waals surface area contributed by atoms with Crippen LogP contribution in [-0.2, 0) is 22.4 Å². The number of thiophene rings is 1. The molecule has 3 rings (SSSR count). The molecule has 2 aromatic heterocycles. The highest BCUT2D eigenvalue weighted by Gasteiger charge is 2.22. The van der Waals surface area contributed by atoms with E-state index >= 15 is 0 Å². The largest absolute Gasteiger partial charge is 0.469 e. The molecule has 1 amide bonds. The second-order valence-corrected chi connectivity index (χ2v) is 6.65. The summed E-state index contributed by atoms with van der Waals surface area (Å²) in [6, 6.07) is 3.68. The number of furan rings is 1. The number of esters is 1. The fourth-order valence-electron chi connectivity index (χ4n) is 2.74. The lowest BCUT2D eigenvalue weighted by Crippen LogP contribution is -2.21. The van der Waals surface area contributed by atoms with Crippen LogP contribution in [0.1, 0.15) is 45.0 Å². The van der Waals surface area contributed by atoms with E-state index in [0.717, 1.165) is 31.2 Å². The Labute approximate surface area is 143 Å². The molecule has 0 atom stereocenters. The minimum Gasteiger partial charge on any atom is -0.469 e.